The van der Waals surface area contributed by atoms with Crippen molar-refractivity contribution in [3.05, 3.63) is 34.5 Å². The van der Waals surface area contributed by atoms with E-state index in [1.54, 1.807) is 24.8 Å². The maximum atomic E-state index is 12.2. The van der Waals surface area contributed by atoms with Gasteiger partial charge in [0.05, 0.1) is 15.8 Å². The molecule has 1 saturated carbocycles. The van der Waals surface area contributed by atoms with Gasteiger partial charge in [0.1, 0.15) is 12.7 Å². The monoisotopic (exact) mass is 318 g/mol. The van der Waals surface area contributed by atoms with Gasteiger partial charge in [0.25, 0.3) is 5.91 Å². The molecule has 7 heteroatoms. The van der Waals surface area contributed by atoms with Gasteiger partial charge in [0.2, 0.25) is 0 Å². The SMILES string of the molecule is CC(=O)c1ccc(C(=O)NC2CCC(n3cncn3)CC2)s1. The zero-order chi connectivity index (χ0) is 15.5. The van der Waals surface area contributed by atoms with Crippen molar-refractivity contribution in [3.8, 4) is 0 Å². The van der Waals surface area contributed by atoms with Gasteiger partial charge in [-0.25, -0.2) is 9.67 Å². The molecule has 0 aromatic carbocycles. The standard InChI is InChI=1S/C15H18N4O2S/c1-10(20)13-6-7-14(22-13)15(21)18-11-2-4-12(5-3-11)19-9-16-8-17-19/h6-9,11-12H,2-5H2,1H3,(H,18,21). The lowest BCUT2D eigenvalue weighted by atomic mass is 9.91. The van der Waals surface area contributed by atoms with E-state index in [-0.39, 0.29) is 17.7 Å². The summed E-state index contributed by atoms with van der Waals surface area (Å²) in [4.78, 5) is 28.7. The van der Waals surface area contributed by atoms with E-state index < -0.39 is 0 Å². The zero-order valence-electron chi connectivity index (χ0n) is 12.4. The second-order valence-corrected chi connectivity index (χ2v) is 6.66. The molecule has 3 rings (SSSR count). The van der Waals surface area contributed by atoms with Crippen molar-refractivity contribution in [2.45, 2.75) is 44.7 Å². The average molecular weight is 318 g/mol. The molecule has 2 heterocycles. The number of aromatic nitrogens is 3. The van der Waals surface area contributed by atoms with Crippen LogP contribution in [-0.2, 0) is 0 Å². The Labute approximate surface area is 132 Å². The van der Waals surface area contributed by atoms with Crippen molar-refractivity contribution in [2.24, 2.45) is 0 Å². The van der Waals surface area contributed by atoms with Crippen molar-refractivity contribution in [1.29, 1.82) is 0 Å². The highest BCUT2D eigenvalue weighted by molar-refractivity contribution is 7.15. The summed E-state index contributed by atoms with van der Waals surface area (Å²) in [7, 11) is 0. The highest BCUT2D eigenvalue weighted by Crippen LogP contribution is 2.28. The lowest BCUT2D eigenvalue weighted by Gasteiger charge is -2.28. The molecule has 0 saturated heterocycles. The number of hydrogen-bond acceptors (Lipinski definition) is 5. The topological polar surface area (TPSA) is 76.9 Å². The number of Topliss-reactive ketones (excluding diaryl/α,β-unsaturated/α-hetero) is 1. The summed E-state index contributed by atoms with van der Waals surface area (Å²) in [5.74, 6) is -0.0842. The maximum absolute atomic E-state index is 12.2. The Morgan fingerprint density at radius 3 is 2.55 bits per heavy atom. The van der Waals surface area contributed by atoms with Gasteiger partial charge in [-0.1, -0.05) is 0 Å². The number of amides is 1. The van der Waals surface area contributed by atoms with E-state index in [4.69, 9.17) is 0 Å². The van der Waals surface area contributed by atoms with Crippen LogP contribution in [0.5, 0.6) is 0 Å². The van der Waals surface area contributed by atoms with Gasteiger partial charge in [-0.15, -0.1) is 11.3 Å². The van der Waals surface area contributed by atoms with Crippen LogP contribution in [0.25, 0.3) is 0 Å². The molecule has 1 aliphatic rings. The quantitative estimate of drug-likeness (QED) is 0.879. The summed E-state index contributed by atoms with van der Waals surface area (Å²) in [5, 5.41) is 7.25. The number of rotatable bonds is 4. The van der Waals surface area contributed by atoms with E-state index in [1.165, 1.54) is 18.3 Å². The summed E-state index contributed by atoms with van der Waals surface area (Å²) in [6, 6.07) is 4.00. The van der Waals surface area contributed by atoms with Crippen molar-refractivity contribution in [3.63, 3.8) is 0 Å². The van der Waals surface area contributed by atoms with E-state index >= 15 is 0 Å². The third-order valence-corrected chi connectivity index (χ3v) is 5.20. The number of ketones is 1. The summed E-state index contributed by atoms with van der Waals surface area (Å²) in [6.07, 6.45) is 7.13. The van der Waals surface area contributed by atoms with Crippen LogP contribution in [0, 0.1) is 0 Å². The van der Waals surface area contributed by atoms with Crippen LogP contribution in [0.15, 0.2) is 24.8 Å². The molecule has 116 valence electrons. The fraction of sp³-hybridized carbons (Fsp3) is 0.467. The van der Waals surface area contributed by atoms with Gasteiger partial charge in [0.15, 0.2) is 5.78 Å². The Bertz CT molecular complexity index is 657. The third kappa shape index (κ3) is 3.24. The number of nitrogens with zero attached hydrogens (tertiary/aromatic N) is 3. The molecule has 1 fully saturated rings. The molecule has 0 radical (unpaired) electrons. The summed E-state index contributed by atoms with van der Waals surface area (Å²) >= 11 is 1.25. The minimum absolute atomic E-state index is 0.00242. The lowest BCUT2D eigenvalue weighted by Crippen LogP contribution is -2.37. The molecule has 0 aliphatic heterocycles. The van der Waals surface area contributed by atoms with E-state index in [2.05, 4.69) is 15.4 Å². The molecule has 0 atom stereocenters. The largest absolute Gasteiger partial charge is 0.349 e. The number of carbonyl (C=O) groups is 2. The normalized spacial score (nSPS) is 21.5. The Kier molecular flexibility index (Phi) is 4.33. The molecule has 0 spiro atoms. The average Bonchev–Trinajstić information content (AvgIpc) is 3.20. The lowest BCUT2D eigenvalue weighted by molar-refractivity contribution is 0.0925. The van der Waals surface area contributed by atoms with Gasteiger partial charge in [-0.3, -0.25) is 9.59 Å². The Balaban J connectivity index is 1.53. The van der Waals surface area contributed by atoms with Crippen LogP contribution in [-0.4, -0.2) is 32.5 Å². The first-order chi connectivity index (χ1) is 10.6. The van der Waals surface area contributed by atoms with Crippen LogP contribution in [0.4, 0.5) is 0 Å². The first-order valence-electron chi connectivity index (χ1n) is 7.39. The van der Waals surface area contributed by atoms with Gasteiger partial charge in [0, 0.05) is 6.04 Å². The predicted molar refractivity (Wildman–Crippen MR) is 83.1 cm³/mol. The smallest absolute Gasteiger partial charge is 0.261 e. The number of nitrogens with one attached hydrogen (secondary N) is 1. The molecule has 22 heavy (non-hydrogen) atoms. The summed E-state index contributed by atoms with van der Waals surface area (Å²) in [5.41, 5.74) is 0. The molecule has 1 amide bonds. The van der Waals surface area contributed by atoms with Crippen LogP contribution >= 0.6 is 11.3 Å². The van der Waals surface area contributed by atoms with E-state index in [9.17, 15) is 9.59 Å². The molecule has 1 N–H and O–H groups in total. The third-order valence-electron chi connectivity index (χ3n) is 4.02. The van der Waals surface area contributed by atoms with Crippen molar-refractivity contribution in [2.75, 3.05) is 0 Å². The molecule has 2 aromatic rings. The van der Waals surface area contributed by atoms with Crippen LogP contribution < -0.4 is 5.32 Å². The predicted octanol–water partition coefficient (Wildman–Crippen LogP) is 2.46. The Morgan fingerprint density at radius 2 is 1.95 bits per heavy atom. The number of carbonyl (C=O) groups excluding carboxylic acids is 2. The molecule has 2 aromatic heterocycles. The summed E-state index contributed by atoms with van der Waals surface area (Å²) in [6.45, 7) is 1.51. The molecular formula is C15H18N4O2S. The molecule has 6 nitrogen and oxygen atoms in total. The van der Waals surface area contributed by atoms with E-state index in [0.29, 0.717) is 15.8 Å². The van der Waals surface area contributed by atoms with Crippen LogP contribution in [0.2, 0.25) is 0 Å². The number of thiophene rings is 1. The highest BCUT2D eigenvalue weighted by Gasteiger charge is 2.24. The van der Waals surface area contributed by atoms with Gasteiger partial charge >= 0.3 is 0 Å². The number of hydrogen-bond donors (Lipinski definition) is 1. The first-order valence-corrected chi connectivity index (χ1v) is 8.21. The van der Waals surface area contributed by atoms with Crippen LogP contribution in [0.3, 0.4) is 0 Å². The second-order valence-electron chi connectivity index (χ2n) is 5.57. The Hall–Kier alpha value is -2.02. The Morgan fingerprint density at radius 1 is 1.23 bits per heavy atom. The second kappa shape index (κ2) is 6.39. The fourth-order valence-electron chi connectivity index (χ4n) is 2.80. The molecular weight excluding hydrogens is 300 g/mol. The maximum Gasteiger partial charge on any atom is 0.261 e. The van der Waals surface area contributed by atoms with Crippen LogP contribution in [0.1, 0.15) is 58.0 Å². The van der Waals surface area contributed by atoms with Gasteiger partial charge in [-0.05, 0) is 44.7 Å². The van der Waals surface area contributed by atoms with E-state index in [0.717, 1.165) is 25.7 Å². The zero-order valence-corrected chi connectivity index (χ0v) is 13.2. The van der Waals surface area contributed by atoms with Crippen molar-refractivity contribution in [1.82, 2.24) is 20.1 Å². The van der Waals surface area contributed by atoms with E-state index in [1.807, 2.05) is 4.68 Å². The van der Waals surface area contributed by atoms with Gasteiger partial charge < -0.3 is 5.32 Å². The molecule has 0 unspecified atom stereocenters. The van der Waals surface area contributed by atoms with Gasteiger partial charge in [-0.2, -0.15) is 5.10 Å². The van der Waals surface area contributed by atoms with Crippen molar-refractivity contribution < 1.29 is 9.59 Å². The minimum atomic E-state index is -0.0818. The molecule has 1 aliphatic carbocycles. The minimum Gasteiger partial charge on any atom is -0.349 e. The fourth-order valence-corrected chi connectivity index (χ4v) is 3.60. The summed E-state index contributed by atoms with van der Waals surface area (Å²) < 4.78 is 1.90. The highest BCUT2D eigenvalue weighted by atomic mass is 32.1. The first kappa shape index (κ1) is 14.9. The van der Waals surface area contributed by atoms with Crippen molar-refractivity contribution >= 4 is 23.0 Å². The molecule has 0 bridgehead atoms.